The molecule has 1 aromatic carbocycles. The fourth-order valence-corrected chi connectivity index (χ4v) is 4.43. The Morgan fingerprint density at radius 1 is 1.08 bits per heavy atom. The molecule has 24 heavy (non-hydrogen) atoms. The minimum atomic E-state index is -0.401. The van der Waals surface area contributed by atoms with E-state index in [1.54, 1.807) is 0 Å². The number of aryl methyl sites for hydroxylation is 1. The molecule has 3 rings (SSSR count). The molecule has 2 unspecified atom stereocenters. The average molecular weight is 329 g/mol. The molecule has 132 valence electrons. The van der Waals surface area contributed by atoms with Gasteiger partial charge in [-0.2, -0.15) is 0 Å². The van der Waals surface area contributed by atoms with Gasteiger partial charge in [-0.05, 0) is 76.2 Å². The van der Waals surface area contributed by atoms with Gasteiger partial charge in [0.25, 0.3) is 0 Å². The highest BCUT2D eigenvalue weighted by Gasteiger charge is 2.37. The number of hydrogen-bond donors (Lipinski definition) is 0. The van der Waals surface area contributed by atoms with Crippen LogP contribution in [0.1, 0.15) is 52.0 Å². The number of hydrogen-bond acceptors (Lipinski definition) is 2. The summed E-state index contributed by atoms with van der Waals surface area (Å²) in [5.41, 5.74) is 1.05. The van der Waals surface area contributed by atoms with Gasteiger partial charge in [-0.25, -0.2) is 4.79 Å². The summed E-state index contributed by atoms with van der Waals surface area (Å²) in [6, 6.07) is 10.8. The Kier molecular flexibility index (Phi) is 5.17. The lowest BCUT2D eigenvalue weighted by molar-refractivity contribution is -0.00301. The second-order valence-electron chi connectivity index (χ2n) is 8.71. The van der Waals surface area contributed by atoms with Crippen LogP contribution in [0.4, 0.5) is 4.79 Å². The lowest BCUT2D eigenvalue weighted by Crippen LogP contribution is -2.48. The largest absolute Gasteiger partial charge is 0.444 e. The van der Waals surface area contributed by atoms with Crippen LogP contribution in [0.25, 0.3) is 0 Å². The van der Waals surface area contributed by atoms with E-state index in [-0.39, 0.29) is 6.09 Å². The van der Waals surface area contributed by atoms with Crippen LogP contribution in [-0.2, 0) is 11.2 Å². The smallest absolute Gasteiger partial charge is 0.410 e. The fourth-order valence-electron chi connectivity index (χ4n) is 4.43. The quantitative estimate of drug-likeness (QED) is 0.789. The third-order valence-electron chi connectivity index (χ3n) is 5.29. The first-order chi connectivity index (χ1) is 11.4. The molecule has 0 N–H and O–H groups in total. The van der Waals surface area contributed by atoms with Crippen LogP contribution >= 0.6 is 0 Å². The van der Waals surface area contributed by atoms with Gasteiger partial charge in [0.05, 0.1) is 0 Å². The Labute approximate surface area is 146 Å². The molecule has 1 aliphatic carbocycles. The topological polar surface area (TPSA) is 29.5 Å². The van der Waals surface area contributed by atoms with Gasteiger partial charge in [0.1, 0.15) is 5.60 Å². The molecule has 1 heterocycles. The number of carbonyl (C=O) groups excluding carboxylic acids is 1. The third kappa shape index (κ3) is 4.75. The van der Waals surface area contributed by atoms with Gasteiger partial charge in [0, 0.05) is 13.1 Å². The van der Waals surface area contributed by atoms with Crippen LogP contribution < -0.4 is 0 Å². The molecule has 2 atom stereocenters. The van der Waals surface area contributed by atoms with Crippen molar-refractivity contribution >= 4 is 6.09 Å². The van der Waals surface area contributed by atoms with E-state index in [2.05, 4.69) is 30.3 Å². The number of likely N-dealkylation sites (tertiary alicyclic amines) is 1. The van der Waals surface area contributed by atoms with E-state index < -0.39 is 5.60 Å². The highest BCUT2D eigenvalue weighted by atomic mass is 16.6. The molecular weight excluding hydrogens is 298 g/mol. The monoisotopic (exact) mass is 329 g/mol. The molecule has 0 radical (unpaired) electrons. The van der Waals surface area contributed by atoms with Crippen molar-refractivity contribution in [3.8, 4) is 0 Å². The molecule has 3 nitrogen and oxygen atoms in total. The van der Waals surface area contributed by atoms with Gasteiger partial charge in [-0.15, -0.1) is 0 Å². The molecule has 1 amide bonds. The Hall–Kier alpha value is -1.51. The number of benzene rings is 1. The number of piperidine rings is 1. The number of carbonyl (C=O) groups is 1. The summed E-state index contributed by atoms with van der Waals surface area (Å²) in [7, 11) is 0. The molecule has 1 aromatic rings. The van der Waals surface area contributed by atoms with E-state index in [4.69, 9.17) is 4.74 Å². The van der Waals surface area contributed by atoms with Crippen LogP contribution in [0, 0.1) is 17.8 Å². The highest BCUT2D eigenvalue weighted by Crippen LogP contribution is 2.40. The molecular formula is C21H31NO2. The maximum absolute atomic E-state index is 12.3. The first-order valence-corrected chi connectivity index (χ1v) is 9.41. The zero-order valence-electron chi connectivity index (χ0n) is 15.3. The number of rotatable bonds is 3. The van der Waals surface area contributed by atoms with E-state index in [0.29, 0.717) is 11.8 Å². The van der Waals surface area contributed by atoms with Crippen LogP contribution in [-0.4, -0.2) is 29.7 Å². The van der Waals surface area contributed by atoms with Crippen molar-refractivity contribution in [3.63, 3.8) is 0 Å². The Morgan fingerprint density at radius 3 is 2.29 bits per heavy atom. The summed E-state index contributed by atoms with van der Waals surface area (Å²) >= 11 is 0. The SMILES string of the molecule is CC(C)(C)OC(=O)N1CC2CC(CCc3ccccc3)CC(C2)C1. The van der Waals surface area contributed by atoms with E-state index in [1.807, 2.05) is 25.7 Å². The number of fused-ring (bicyclic) bond motifs is 2. The first kappa shape index (κ1) is 17.3. The summed E-state index contributed by atoms with van der Waals surface area (Å²) < 4.78 is 5.56. The van der Waals surface area contributed by atoms with Crippen molar-refractivity contribution in [1.82, 2.24) is 4.90 Å². The van der Waals surface area contributed by atoms with Crippen molar-refractivity contribution in [1.29, 1.82) is 0 Å². The lowest BCUT2D eigenvalue weighted by Gasteiger charge is -2.44. The summed E-state index contributed by atoms with van der Waals surface area (Å²) in [6.07, 6.45) is 6.16. The maximum Gasteiger partial charge on any atom is 0.410 e. The molecule has 0 spiro atoms. The standard InChI is InChI=1S/C21H31NO2/c1-21(2,3)24-20(23)22-14-18-11-17(12-19(13-18)15-22)10-9-16-7-5-4-6-8-16/h4-8,17-19H,9-15H2,1-3H3. The van der Waals surface area contributed by atoms with Crippen molar-refractivity contribution in [2.24, 2.45) is 17.8 Å². The van der Waals surface area contributed by atoms with E-state index in [1.165, 1.54) is 37.7 Å². The fraction of sp³-hybridized carbons (Fsp3) is 0.667. The van der Waals surface area contributed by atoms with Crippen LogP contribution in [0.15, 0.2) is 30.3 Å². The van der Waals surface area contributed by atoms with Crippen LogP contribution in [0.2, 0.25) is 0 Å². The Balaban J connectivity index is 1.50. The minimum absolute atomic E-state index is 0.125. The van der Waals surface area contributed by atoms with Gasteiger partial charge in [0.15, 0.2) is 0 Å². The number of amides is 1. The molecule has 1 saturated carbocycles. The molecule has 3 heteroatoms. The summed E-state index contributed by atoms with van der Waals surface area (Å²) in [4.78, 5) is 14.3. The van der Waals surface area contributed by atoms with Gasteiger partial charge < -0.3 is 9.64 Å². The zero-order chi connectivity index (χ0) is 17.2. The van der Waals surface area contributed by atoms with E-state index >= 15 is 0 Å². The van der Waals surface area contributed by atoms with Gasteiger partial charge >= 0.3 is 6.09 Å². The summed E-state index contributed by atoms with van der Waals surface area (Å²) in [6.45, 7) is 7.58. The minimum Gasteiger partial charge on any atom is -0.444 e. The lowest BCUT2D eigenvalue weighted by atomic mass is 9.71. The Bertz CT molecular complexity index is 535. The Morgan fingerprint density at radius 2 is 1.71 bits per heavy atom. The molecule has 2 fully saturated rings. The highest BCUT2D eigenvalue weighted by molar-refractivity contribution is 5.68. The van der Waals surface area contributed by atoms with Crippen molar-refractivity contribution < 1.29 is 9.53 Å². The molecule has 1 saturated heterocycles. The predicted molar refractivity (Wildman–Crippen MR) is 96.9 cm³/mol. The van der Waals surface area contributed by atoms with Gasteiger partial charge in [0.2, 0.25) is 0 Å². The van der Waals surface area contributed by atoms with Crippen LogP contribution in [0.3, 0.4) is 0 Å². The first-order valence-electron chi connectivity index (χ1n) is 9.41. The van der Waals surface area contributed by atoms with Gasteiger partial charge in [-0.1, -0.05) is 30.3 Å². The van der Waals surface area contributed by atoms with E-state index in [0.717, 1.165) is 19.0 Å². The number of ether oxygens (including phenoxy) is 1. The zero-order valence-corrected chi connectivity index (χ0v) is 15.3. The van der Waals surface area contributed by atoms with Crippen molar-refractivity contribution in [3.05, 3.63) is 35.9 Å². The normalized spacial score (nSPS) is 27.0. The molecule has 1 aliphatic heterocycles. The predicted octanol–water partition coefficient (Wildman–Crippen LogP) is 4.90. The number of nitrogens with zero attached hydrogens (tertiary/aromatic N) is 1. The van der Waals surface area contributed by atoms with Gasteiger partial charge in [-0.3, -0.25) is 0 Å². The molecule has 0 aromatic heterocycles. The summed E-state index contributed by atoms with van der Waals surface area (Å²) in [5.74, 6) is 2.13. The van der Waals surface area contributed by atoms with Crippen molar-refractivity contribution in [2.75, 3.05) is 13.1 Å². The molecule has 2 aliphatic rings. The second-order valence-corrected chi connectivity index (χ2v) is 8.71. The molecule has 2 bridgehead atoms. The van der Waals surface area contributed by atoms with E-state index in [9.17, 15) is 4.79 Å². The second kappa shape index (κ2) is 7.16. The van der Waals surface area contributed by atoms with Crippen LogP contribution in [0.5, 0.6) is 0 Å². The average Bonchev–Trinajstić information content (AvgIpc) is 2.51. The summed E-state index contributed by atoms with van der Waals surface area (Å²) in [5, 5.41) is 0. The maximum atomic E-state index is 12.3. The third-order valence-corrected chi connectivity index (χ3v) is 5.29. The van der Waals surface area contributed by atoms with Crippen molar-refractivity contribution in [2.45, 2.75) is 58.5 Å².